The van der Waals surface area contributed by atoms with Crippen LogP contribution in [-0.2, 0) is 9.53 Å². The summed E-state index contributed by atoms with van der Waals surface area (Å²) in [4.78, 5) is 22.4. The fourth-order valence-corrected chi connectivity index (χ4v) is 1.69. The van der Waals surface area contributed by atoms with E-state index in [1.54, 1.807) is 6.07 Å². The van der Waals surface area contributed by atoms with Gasteiger partial charge in [-0.3, -0.25) is 9.59 Å². The highest BCUT2D eigenvalue weighted by atomic mass is 16.6. The normalized spacial score (nSPS) is 12.9. The monoisotopic (exact) mass is 248 g/mol. The van der Waals surface area contributed by atoms with Gasteiger partial charge in [0, 0.05) is 5.56 Å². The molecule has 0 fully saturated rings. The molecule has 1 aromatic carbocycles. The Kier molecular flexibility index (Phi) is 4.65. The van der Waals surface area contributed by atoms with E-state index in [0.29, 0.717) is 12.0 Å². The molecule has 3 heteroatoms. The van der Waals surface area contributed by atoms with Gasteiger partial charge in [0.1, 0.15) is 11.9 Å². The van der Waals surface area contributed by atoms with Crippen LogP contribution in [0.15, 0.2) is 24.3 Å². The summed E-state index contributed by atoms with van der Waals surface area (Å²) in [5.74, 6) is -0.175. The van der Waals surface area contributed by atoms with Gasteiger partial charge in [0.15, 0.2) is 0 Å². The maximum atomic E-state index is 11.7. The molecule has 0 aliphatic heterocycles. The van der Waals surface area contributed by atoms with Gasteiger partial charge in [0.2, 0.25) is 0 Å². The number of carbonyl (C=O) groups is 2. The largest absolute Gasteiger partial charge is 0.460 e. The molecule has 0 saturated carbocycles. The fourth-order valence-electron chi connectivity index (χ4n) is 1.69. The van der Waals surface area contributed by atoms with E-state index >= 15 is 0 Å². The highest BCUT2D eigenvalue weighted by molar-refractivity contribution is 5.75. The number of aldehydes is 1. The number of hydrogen-bond acceptors (Lipinski definition) is 3. The molecule has 0 bridgehead atoms. The Bertz CT molecular complexity index is 430. The molecular weight excluding hydrogens is 228 g/mol. The summed E-state index contributed by atoms with van der Waals surface area (Å²) >= 11 is 0. The third kappa shape index (κ3) is 4.70. The van der Waals surface area contributed by atoms with E-state index in [9.17, 15) is 9.59 Å². The van der Waals surface area contributed by atoms with E-state index in [2.05, 4.69) is 0 Å². The molecule has 0 aromatic heterocycles. The molecule has 0 heterocycles. The topological polar surface area (TPSA) is 43.4 Å². The predicted molar refractivity (Wildman–Crippen MR) is 70.7 cm³/mol. The molecular formula is C15H20O3. The second-order valence-electron chi connectivity index (χ2n) is 5.48. The molecule has 1 rings (SSSR count). The van der Waals surface area contributed by atoms with Gasteiger partial charge in [-0.05, 0) is 38.3 Å². The van der Waals surface area contributed by atoms with Gasteiger partial charge in [-0.25, -0.2) is 0 Å². The second kappa shape index (κ2) is 5.80. The lowest BCUT2D eigenvalue weighted by molar-refractivity contribution is -0.155. The molecule has 0 aliphatic rings. The van der Waals surface area contributed by atoms with Crippen LogP contribution >= 0.6 is 0 Å². The van der Waals surface area contributed by atoms with Crippen molar-refractivity contribution < 1.29 is 14.3 Å². The highest BCUT2D eigenvalue weighted by Gasteiger charge is 2.19. The summed E-state index contributed by atoms with van der Waals surface area (Å²) in [6.45, 7) is 7.50. The lowest BCUT2D eigenvalue weighted by Crippen LogP contribution is -2.24. The molecule has 1 atom stereocenters. The average Bonchev–Trinajstić information content (AvgIpc) is 2.26. The Morgan fingerprint density at radius 1 is 1.39 bits per heavy atom. The van der Waals surface area contributed by atoms with Crippen LogP contribution in [0.4, 0.5) is 0 Å². The number of rotatable bonds is 4. The molecule has 1 unspecified atom stereocenters. The zero-order valence-electron chi connectivity index (χ0n) is 11.4. The average molecular weight is 248 g/mol. The number of benzene rings is 1. The van der Waals surface area contributed by atoms with Crippen LogP contribution in [0.25, 0.3) is 0 Å². The summed E-state index contributed by atoms with van der Waals surface area (Å²) in [6, 6.07) is 7.30. The lowest BCUT2D eigenvalue weighted by atomic mass is 9.96. The number of carbonyl (C=O) groups excluding carboxylic acids is 2. The summed E-state index contributed by atoms with van der Waals surface area (Å²) in [5, 5.41) is 0. The second-order valence-corrected chi connectivity index (χ2v) is 5.48. The first-order valence-electron chi connectivity index (χ1n) is 6.09. The summed E-state index contributed by atoms with van der Waals surface area (Å²) in [7, 11) is 0. The van der Waals surface area contributed by atoms with E-state index in [1.807, 2.05) is 45.9 Å². The third-order valence-electron chi connectivity index (χ3n) is 2.51. The fraction of sp³-hybridized carbons (Fsp3) is 0.467. The molecule has 0 saturated heterocycles. The maximum absolute atomic E-state index is 11.7. The van der Waals surface area contributed by atoms with Crippen molar-refractivity contribution in [3.05, 3.63) is 35.4 Å². The van der Waals surface area contributed by atoms with Crippen molar-refractivity contribution >= 4 is 12.3 Å². The first-order chi connectivity index (χ1) is 8.31. The minimum atomic E-state index is -0.457. The first kappa shape index (κ1) is 14.4. The van der Waals surface area contributed by atoms with Crippen LogP contribution in [0.2, 0.25) is 0 Å². The standard InChI is InChI=1S/C15H20O3/c1-11(8-14(17)18-15(2,3)4)13-7-5-6-12(9-13)10-16/h5-7,9-11H,8H2,1-4H3. The quantitative estimate of drug-likeness (QED) is 0.606. The summed E-state index contributed by atoms with van der Waals surface area (Å²) in [5.41, 5.74) is 1.15. The Hall–Kier alpha value is -1.64. The van der Waals surface area contributed by atoms with E-state index < -0.39 is 5.60 Å². The number of ether oxygens (including phenoxy) is 1. The molecule has 3 nitrogen and oxygen atoms in total. The van der Waals surface area contributed by atoms with Gasteiger partial charge in [0.05, 0.1) is 6.42 Å². The van der Waals surface area contributed by atoms with Gasteiger partial charge in [-0.2, -0.15) is 0 Å². The van der Waals surface area contributed by atoms with Gasteiger partial charge in [-0.1, -0.05) is 25.1 Å². The SMILES string of the molecule is CC(CC(=O)OC(C)(C)C)c1cccc(C=O)c1. The van der Waals surface area contributed by atoms with Gasteiger partial charge in [-0.15, -0.1) is 0 Å². The molecule has 1 aromatic rings. The molecule has 0 radical (unpaired) electrons. The maximum Gasteiger partial charge on any atom is 0.306 e. The van der Waals surface area contributed by atoms with Gasteiger partial charge in [0.25, 0.3) is 0 Å². The first-order valence-corrected chi connectivity index (χ1v) is 6.09. The van der Waals surface area contributed by atoms with Crippen LogP contribution < -0.4 is 0 Å². The summed E-state index contributed by atoms with van der Waals surface area (Å²) in [6.07, 6.45) is 1.13. The van der Waals surface area contributed by atoms with Crippen molar-refractivity contribution in [2.24, 2.45) is 0 Å². The summed E-state index contributed by atoms with van der Waals surface area (Å²) < 4.78 is 5.28. The predicted octanol–water partition coefficient (Wildman–Crippen LogP) is 3.33. The zero-order chi connectivity index (χ0) is 13.8. The highest BCUT2D eigenvalue weighted by Crippen LogP contribution is 2.21. The van der Waals surface area contributed by atoms with E-state index in [-0.39, 0.29) is 11.9 Å². The Labute approximate surface area is 108 Å². The minimum absolute atomic E-state index is 0.0414. The van der Waals surface area contributed by atoms with Crippen molar-refractivity contribution in [1.82, 2.24) is 0 Å². The van der Waals surface area contributed by atoms with E-state index in [4.69, 9.17) is 4.74 Å². The van der Waals surface area contributed by atoms with Crippen molar-refractivity contribution in [2.75, 3.05) is 0 Å². The van der Waals surface area contributed by atoms with Crippen LogP contribution in [-0.4, -0.2) is 17.9 Å². The number of hydrogen-bond donors (Lipinski definition) is 0. The molecule has 0 aliphatic carbocycles. The zero-order valence-corrected chi connectivity index (χ0v) is 11.4. The lowest BCUT2D eigenvalue weighted by Gasteiger charge is -2.21. The van der Waals surface area contributed by atoms with Crippen molar-refractivity contribution in [3.63, 3.8) is 0 Å². The van der Waals surface area contributed by atoms with Crippen LogP contribution in [0.5, 0.6) is 0 Å². The Balaban J connectivity index is 2.67. The van der Waals surface area contributed by atoms with Crippen LogP contribution in [0.1, 0.15) is 56.0 Å². The van der Waals surface area contributed by atoms with Crippen molar-refractivity contribution in [3.8, 4) is 0 Å². The third-order valence-corrected chi connectivity index (χ3v) is 2.51. The Morgan fingerprint density at radius 3 is 2.61 bits per heavy atom. The molecule has 0 spiro atoms. The number of esters is 1. The van der Waals surface area contributed by atoms with Crippen molar-refractivity contribution in [1.29, 1.82) is 0 Å². The van der Waals surface area contributed by atoms with Gasteiger partial charge < -0.3 is 4.74 Å². The van der Waals surface area contributed by atoms with Crippen LogP contribution in [0.3, 0.4) is 0 Å². The van der Waals surface area contributed by atoms with E-state index in [0.717, 1.165) is 11.8 Å². The van der Waals surface area contributed by atoms with E-state index in [1.165, 1.54) is 0 Å². The smallest absolute Gasteiger partial charge is 0.306 e. The molecule has 98 valence electrons. The van der Waals surface area contributed by atoms with Crippen LogP contribution in [0, 0.1) is 0 Å². The van der Waals surface area contributed by atoms with Gasteiger partial charge >= 0.3 is 5.97 Å². The molecule has 18 heavy (non-hydrogen) atoms. The molecule has 0 amide bonds. The Morgan fingerprint density at radius 2 is 2.06 bits per heavy atom. The molecule has 0 N–H and O–H groups in total. The van der Waals surface area contributed by atoms with Crippen molar-refractivity contribution in [2.45, 2.75) is 45.6 Å². The minimum Gasteiger partial charge on any atom is -0.460 e.